The summed E-state index contributed by atoms with van der Waals surface area (Å²) in [4.78, 5) is 1.97. The zero-order chi connectivity index (χ0) is 13.0. The maximum atomic E-state index is 5.70. The molecule has 2 heterocycles. The van der Waals surface area contributed by atoms with Gasteiger partial charge in [0.1, 0.15) is 0 Å². The molecule has 2 atom stereocenters. The van der Waals surface area contributed by atoms with Gasteiger partial charge in [-0.1, -0.05) is 5.10 Å². The van der Waals surface area contributed by atoms with Crippen LogP contribution < -0.4 is 10.2 Å². The number of aromatic nitrogens is 2. The fraction of sp³-hybridized carbons (Fsp3) is 0.833. The van der Waals surface area contributed by atoms with E-state index in [1.165, 1.54) is 12.8 Å². The summed E-state index contributed by atoms with van der Waals surface area (Å²) < 4.78 is 11.3. The molecule has 2 unspecified atom stereocenters. The van der Waals surface area contributed by atoms with Gasteiger partial charge in [-0.3, -0.25) is 0 Å². The number of hydrogen-bond donors (Lipinski definition) is 1. The molecule has 1 aliphatic rings. The van der Waals surface area contributed by atoms with Crippen molar-refractivity contribution in [2.45, 2.75) is 38.3 Å². The molecule has 102 valence electrons. The molecule has 0 bridgehead atoms. The molecular weight excluding hydrogens is 232 g/mol. The molecule has 6 nitrogen and oxygen atoms in total. The first-order chi connectivity index (χ1) is 8.70. The third kappa shape index (κ3) is 3.20. The summed E-state index contributed by atoms with van der Waals surface area (Å²) in [6, 6.07) is 0.631. The van der Waals surface area contributed by atoms with Crippen LogP contribution in [0, 0.1) is 0 Å². The Morgan fingerprint density at radius 3 is 2.94 bits per heavy atom. The lowest BCUT2D eigenvalue weighted by Gasteiger charge is -2.26. The van der Waals surface area contributed by atoms with Gasteiger partial charge in [0.25, 0.3) is 0 Å². The van der Waals surface area contributed by atoms with Crippen LogP contribution in [-0.2, 0) is 4.74 Å². The van der Waals surface area contributed by atoms with Crippen LogP contribution in [0.1, 0.15) is 38.1 Å². The quantitative estimate of drug-likeness (QED) is 0.856. The van der Waals surface area contributed by atoms with E-state index >= 15 is 0 Å². The van der Waals surface area contributed by atoms with Crippen LogP contribution in [0.5, 0.6) is 0 Å². The zero-order valence-corrected chi connectivity index (χ0v) is 11.3. The first-order valence-electron chi connectivity index (χ1n) is 6.54. The van der Waals surface area contributed by atoms with Crippen molar-refractivity contribution in [3.63, 3.8) is 0 Å². The maximum Gasteiger partial charge on any atom is 0.318 e. The standard InChI is InChI=1S/C12H22N4O2/c1-9(13-2)11-14-15-12(18-11)16(3)8-10-6-4-5-7-17-10/h9-10,13H,4-8H2,1-3H3. The average molecular weight is 254 g/mol. The van der Waals surface area contributed by atoms with E-state index in [9.17, 15) is 0 Å². The summed E-state index contributed by atoms with van der Waals surface area (Å²) in [5.41, 5.74) is 0. The second-order valence-corrected chi connectivity index (χ2v) is 4.80. The minimum atomic E-state index is 0.0746. The number of ether oxygens (including phenoxy) is 1. The normalized spacial score (nSPS) is 21.8. The fourth-order valence-corrected chi connectivity index (χ4v) is 2.01. The molecule has 0 amide bonds. The molecule has 18 heavy (non-hydrogen) atoms. The number of anilines is 1. The molecule has 0 radical (unpaired) electrons. The van der Waals surface area contributed by atoms with Crippen molar-refractivity contribution in [1.82, 2.24) is 15.5 Å². The molecule has 1 aromatic heterocycles. The molecule has 1 saturated heterocycles. The molecule has 1 aliphatic heterocycles. The molecule has 0 saturated carbocycles. The van der Waals surface area contributed by atoms with E-state index in [-0.39, 0.29) is 12.1 Å². The lowest BCUT2D eigenvalue weighted by molar-refractivity contribution is 0.0211. The third-order valence-electron chi connectivity index (χ3n) is 3.31. The van der Waals surface area contributed by atoms with Gasteiger partial charge in [0, 0.05) is 20.2 Å². The van der Waals surface area contributed by atoms with Gasteiger partial charge in [-0.25, -0.2) is 0 Å². The Bertz CT molecular complexity index is 363. The molecule has 2 rings (SSSR count). The van der Waals surface area contributed by atoms with Gasteiger partial charge in [0.2, 0.25) is 5.89 Å². The molecule has 1 N–H and O–H groups in total. The second-order valence-electron chi connectivity index (χ2n) is 4.80. The van der Waals surface area contributed by atoms with Crippen LogP contribution in [0.25, 0.3) is 0 Å². The van der Waals surface area contributed by atoms with Crippen LogP contribution >= 0.6 is 0 Å². The SMILES string of the molecule is CNC(C)c1nnc(N(C)CC2CCCCO2)o1. The van der Waals surface area contributed by atoms with Gasteiger partial charge >= 0.3 is 6.01 Å². The molecule has 0 aromatic carbocycles. The van der Waals surface area contributed by atoms with Crippen LogP contribution in [0.15, 0.2) is 4.42 Å². The highest BCUT2D eigenvalue weighted by atomic mass is 16.5. The molecule has 1 fully saturated rings. The predicted octanol–water partition coefficient (Wildman–Crippen LogP) is 1.36. The van der Waals surface area contributed by atoms with Crippen molar-refractivity contribution >= 4 is 6.01 Å². The number of nitrogens with zero attached hydrogens (tertiary/aromatic N) is 3. The summed E-state index contributed by atoms with van der Waals surface area (Å²) in [5, 5.41) is 11.2. The summed E-state index contributed by atoms with van der Waals surface area (Å²) in [5.74, 6) is 0.615. The largest absolute Gasteiger partial charge is 0.406 e. The Morgan fingerprint density at radius 2 is 2.28 bits per heavy atom. The summed E-state index contributed by atoms with van der Waals surface area (Å²) in [6.07, 6.45) is 3.80. The first kappa shape index (κ1) is 13.3. The van der Waals surface area contributed by atoms with E-state index in [0.29, 0.717) is 11.9 Å². The predicted molar refractivity (Wildman–Crippen MR) is 68.6 cm³/mol. The van der Waals surface area contributed by atoms with Crippen molar-refractivity contribution in [2.75, 3.05) is 32.1 Å². The third-order valence-corrected chi connectivity index (χ3v) is 3.31. The Balaban J connectivity index is 1.91. The highest BCUT2D eigenvalue weighted by molar-refractivity contribution is 5.22. The monoisotopic (exact) mass is 254 g/mol. The smallest absolute Gasteiger partial charge is 0.318 e. The Hall–Kier alpha value is -1.14. The summed E-state index contributed by atoms with van der Waals surface area (Å²) in [7, 11) is 3.83. The zero-order valence-electron chi connectivity index (χ0n) is 11.3. The fourth-order valence-electron chi connectivity index (χ4n) is 2.01. The van der Waals surface area contributed by atoms with E-state index in [1.54, 1.807) is 0 Å². The van der Waals surface area contributed by atoms with Crippen molar-refractivity contribution < 1.29 is 9.15 Å². The lowest BCUT2D eigenvalue weighted by Crippen LogP contribution is -2.33. The van der Waals surface area contributed by atoms with Gasteiger partial charge in [0.05, 0.1) is 12.1 Å². The van der Waals surface area contributed by atoms with E-state index in [1.807, 2.05) is 25.9 Å². The molecular formula is C12H22N4O2. The van der Waals surface area contributed by atoms with Gasteiger partial charge in [0.15, 0.2) is 0 Å². The van der Waals surface area contributed by atoms with Crippen LogP contribution in [0.2, 0.25) is 0 Å². The molecule has 0 aliphatic carbocycles. The van der Waals surface area contributed by atoms with Crippen molar-refractivity contribution in [3.05, 3.63) is 5.89 Å². The Kier molecular flexibility index (Phi) is 4.54. The topological polar surface area (TPSA) is 63.4 Å². The number of likely N-dealkylation sites (N-methyl/N-ethyl adjacent to an activating group) is 1. The highest BCUT2D eigenvalue weighted by Gasteiger charge is 2.20. The van der Waals surface area contributed by atoms with Crippen LogP contribution in [-0.4, -0.2) is 43.5 Å². The number of rotatable bonds is 5. The second kappa shape index (κ2) is 6.15. The summed E-state index contributed by atoms with van der Waals surface area (Å²) in [6.45, 7) is 3.65. The van der Waals surface area contributed by atoms with E-state index < -0.39 is 0 Å². The molecule has 6 heteroatoms. The van der Waals surface area contributed by atoms with Crippen molar-refractivity contribution in [1.29, 1.82) is 0 Å². The highest BCUT2D eigenvalue weighted by Crippen LogP contribution is 2.19. The molecule has 1 aromatic rings. The van der Waals surface area contributed by atoms with Crippen molar-refractivity contribution in [3.8, 4) is 0 Å². The van der Waals surface area contributed by atoms with Crippen LogP contribution in [0.3, 0.4) is 0 Å². The van der Waals surface area contributed by atoms with Gasteiger partial charge in [-0.2, -0.15) is 0 Å². The van der Waals surface area contributed by atoms with Crippen LogP contribution in [0.4, 0.5) is 6.01 Å². The minimum absolute atomic E-state index is 0.0746. The first-order valence-corrected chi connectivity index (χ1v) is 6.54. The van der Waals surface area contributed by atoms with E-state index in [4.69, 9.17) is 9.15 Å². The summed E-state index contributed by atoms with van der Waals surface area (Å²) >= 11 is 0. The van der Waals surface area contributed by atoms with Gasteiger partial charge in [-0.05, 0) is 33.2 Å². The Morgan fingerprint density at radius 1 is 1.44 bits per heavy atom. The molecule has 0 spiro atoms. The lowest BCUT2D eigenvalue weighted by atomic mass is 10.1. The van der Waals surface area contributed by atoms with Gasteiger partial charge in [-0.15, -0.1) is 5.10 Å². The van der Waals surface area contributed by atoms with E-state index in [2.05, 4.69) is 15.5 Å². The van der Waals surface area contributed by atoms with E-state index in [0.717, 1.165) is 19.6 Å². The number of hydrogen-bond acceptors (Lipinski definition) is 6. The minimum Gasteiger partial charge on any atom is -0.406 e. The maximum absolute atomic E-state index is 5.70. The van der Waals surface area contributed by atoms with Crippen molar-refractivity contribution in [2.24, 2.45) is 0 Å². The average Bonchev–Trinajstić information content (AvgIpc) is 2.88. The number of nitrogens with one attached hydrogen (secondary N) is 1. The Labute approximate surface area is 108 Å². The van der Waals surface area contributed by atoms with Gasteiger partial charge < -0.3 is 19.4 Å².